The zero-order valence-corrected chi connectivity index (χ0v) is 24.4. The fraction of sp³-hybridized carbons (Fsp3) is 0.516. The van der Waals surface area contributed by atoms with Gasteiger partial charge in [0.1, 0.15) is 5.78 Å². The summed E-state index contributed by atoms with van der Waals surface area (Å²) in [7, 11) is 0. The van der Waals surface area contributed by atoms with Gasteiger partial charge in [-0.1, -0.05) is 69.2 Å². The number of Topliss-reactive ketones (excluding diaryl/α,β-unsaturated/α-hetero) is 1. The molecule has 3 rings (SSSR count). The van der Waals surface area contributed by atoms with E-state index in [1.807, 2.05) is 39.8 Å². The van der Waals surface area contributed by atoms with Crippen molar-refractivity contribution < 1.29 is 19.8 Å². The van der Waals surface area contributed by atoms with Crippen LogP contribution in [0.4, 0.5) is 0 Å². The van der Waals surface area contributed by atoms with Gasteiger partial charge in [0.15, 0.2) is 0 Å². The van der Waals surface area contributed by atoms with Crippen LogP contribution in [0.2, 0.25) is 0 Å². The minimum absolute atomic E-state index is 0.126. The van der Waals surface area contributed by atoms with E-state index < -0.39 is 23.5 Å². The molecule has 0 bridgehead atoms. The van der Waals surface area contributed by atoms with Gasteiger partial charge in [-0.3, -0.25) is 9.59 Å². The van der Waals surface area contributed by atoms with E-state index in [0.717, 1.165) is 31.9 Å². The van der Waals surface area contributed by atoms with E-state index >= 15 is 0 Å². The first kappa shape index (κ1) is 29.9. The fourth-order valence-corrected chi connectivity index (χ4v) is 5.74. The smallest absolute Gasteiger partial charge is 0.223 e. The minimum Gasteiger partial charge on any atom is -0.392 e. The molecule has 0 spiro atoms. The number of ketones is 1. The van der Waals surface area contributed by atoms with Crippen LogP contribution in [0.15, 0.2) is 47.6 Å². The van der Waals surface area contributed by atoms with Crippen molar-refractivity contribution in [2.75, 3.05) is 0 Å². The molecular weight excluding hydrogens is 496 g/mol. The molecular formula is C31H42N2O4S. The van der Waals surface area contributed by atoms with Crippen molar-refractivity contribution in [3.8, 4) is 0 Å². The molecule has 3 N–H and O–H groups in total. The number of carbonyl (C=O) groups excluding carboxylic acids is 2. The summed E-state index contributed by atoms with van der Waals surface area (Å²) in [5.41, 5.74) is 2.82. The van der Waals surface area contributed by atoms with Gasteiger partial charge in [0.25, 0.3) is 0 Å². The van der Waals surface area contributed by atoms with Gasteiger partial charge in [0, 0.05) is 5.92 Å². The average molecular weight is 539 g/mol. The molecule has 0 fully saturated rings. The van der Waals surface area contributed by atoms with Gasteiger partial charge >= 0.3 is 0 Å². The second kappa shape index (κ2) is 12.5. The van der Waals surface area contributed by atoms with Crippen molar-refractivity contribution >= 4 is 39.3 Å². The Morgan fingerprint density at radius 2 is 1.87 bits per heavy atom. The summed E-state index contributed by atoms with van der Waals surface area (Å²) in [6.07, 6.45) is 7.18. The topological polar surface area (TPSA) is 99.5 Å². The molecule has 38 heavy (non-hydrogen) atoms. The number of carbonyl (C=O) groups is 2. The van der Waals surface area contributed by atoms with Crippen molar-refractivity contribution in [3.63, 3.8) is 0 Å². The van der Waals surface area contributed by atoms with E-state index in [-0.39, 0.29) is 30.1 Å². The maximum absolute atomic E-state index is 13.3. The molecule has 206 valence electrons. The number of aliphatic hydroxyl groups excluding tert-OH is 2. The minimum atomic E-state index is -1.18. The molecule has 6 nitrogen and oxygen atoms in total. The standard InChI is InChI=1S/C31H42N2O4S/c1-18-9-8-10-19(2)29(36)21(4)30(37)31(6,7)27(34)17-28(35)33-24(13-11-18)20(3)15-23-12-14-26-25(16-23)32-22(5)38-26/h8-9,11-12,14-16,19,21,24,27,29,34,36H,10,13,17H2,1-7H3,(H,33,35)/b9-8+,18-11-,20-15+/t19-,21+,24-,27-,29-/m0/s1. The summed E-state index contributed by atoms with van der Waals surface area (Å²) in [6.45, 7) is 12.9. The molecule has 7 heteroatoms. The zero-order chi connectivity index (χ0) is 28.2. The number of aromatic nitrogens is 1. The second-order valence-electron chi connectivity index (χ2n) is 11.4. The molecule has 0 aliphatic carbocycles. The zero-order valence-electron chi connectivity index (χ0n) is 23.6. The number of nitrogens with zero attached hydrogens (tertiary/aromatic N) is 1. The third-order valence-corrected chi connectivity index (χ3v) is 8.67. The van der Waals surface area contributed by atoms with Crippen LogP contribution in [-0.2, 0) is 9.59 Å². The Hall–Kier alpha value is -2.61. The van der Waals surface area contributed by atoms with Crippen molar-refractivity contribution in [1.29, 1.82) is 0 Å². The quantitative estimate of drug-likeness (QED) is 0.451. The molecule has 1 aliphatic heterocycles. The van der Waals surface area contributed by atoms with Crippen LogP contribution in [-0.4, -0.2) is 45.1 Å². The van der Waals surface area contributed by atoms with Gasteiger partial charge in [0.2, 0.25) is 5.91 Å². The van der Waals surface area contributed by atoms with Crippen LogP contribution in [0, 0.1) is 24.2 Å². The van der Waals surface area contributed by atoms with Gasteiger partial charge in [-0.05, 0) is 57.2 Å². The third kappa shape index (κ3) is 7.28. The summed E-state index contributed by atoms with van der Waals surface area (Å²) >= 11 is 1.66. The van der Waals surface area contributed by atoms with Crippen LogP contribution >= 0.6 is 11.3 Å². The Bertz CT molecular complexity index is 1260. The molecule has 1 aromatic carbocycles. The van der Waals surface area contributed by atoms with Gasteiger partial charge in [0.05, 0.1) is 45.3 Å². The summed E-state index contributed by atoms with van der Waals surface area (Å²) < 4.78 is 1.14. The number of allylic oxidation sites excluding steroid dienone is 3. The predicted molar refractivity (Wildman–Crippen MR) is 156 cm³/mol. The fourth-order valence-electron chi connectivity index (χ4n) is 4.93. The van der Waals surface area contributed by atoms with Gasteiger partial charge in [-0.2, -0.15) is 0 Å². The van der Waals surface area contributed by atoms with E-state index in [2.05, 4.69) is 40.7 Å². The molecule has 0 saturated heterocycles. The number of rotatable bonds is 2. The second-order valence-corrected chi connectivity index (χ2v) is 12.6. The monoisotopic (exact) mass is 538 g/mol. The van der Waals surface area contributed by atoms with Crippen LogP contribution < -0.4 is 5.32 Å². The lowest BCUT2D eigenvalue weighted by atomic mass is 9.73. The van der Waals surface area contributed by atoms with Crippen LogP contribution in [0.3, 0.4) is 0 Å². The molecule has 5 atom stereocenters. The number of aryl methyl sites for hydroxylation is 1. The molecule has 1 amide bonds. The van der Waals surface area contributed by atoms with Crippen LogP contribution in [0.5, 0.6) is 0 Å². The number of nitrogens with one attached hydrogen (secondary N) is 1. The number of fused-ring (bicyclic) bond motifs is 1. The van der Waals surface area contributed by atoms with Gasteiger partial charge < -0.3 is 15.5 Å². The van der Waals surface area contributed by atoms with E-state index in [1.165, 1.54) is 0 Å². The number of hydrogen-bond acceptors (Lipinski definition) is 6. The van der Waals surface area contributed by atoms with Crippen LogP contribution in [0.25, 0.3) is 16.3 Å². The Morgan fingerprint density at radius 3 is 2.58 bits per heavy atom. The molecule has 1 aliphatic rings. The van der Waals surface area contributed by atoms with E-state index in [1.54, 1.807) is 32.1 Å². The molecule has 0 unspecified atom stereocenters. The van der Waals surface area contributed by atoms with E-state index in [0.29, 0.717) is 12.8 Å². The largest absolute Gasteiger partial charge is 0.392 e. The van der Waals surface area contributed by atoms with Crippen molar-refractivity contribution in [3.05, 3.63) is 58.1 Å². The van der Waals surface area contributed by atoms with Gasteiger partial charge in [-0.15, -0.1) is 11.3 Å². The van der Waals surface area contributed by atoms with E-state index in [9.17, 15) is 19.8 Å². The number of amides is 1. The summed E-state index contributed by atoms with van der Waals surface area (Å²) in [4.78, 5) is 31.0. The molecule has 0 saturated carbocycles. The number of benzene rings is 1. The third-order valence-electron chi connectivity index (χ3n) is 7.72. The summed E-state index contributed by atoms with van der Waals surface area (Å²) in [5, 5.41) is 25.9. The molecule has 1 aromatic heterocycles. The first-order valence-electron chi connectivity index (χ1n) is 13.4. The first-order valence-corrected chi connectivity index (χ1v) is 14.2. The SMILES string of the molecule is CC1=C/C[C@@H](/C(C)=C/c2ccc3sc(C)nc3c2)NC(=O)C[C@H](O)C(C)(C)C(=O)[C@H](C)[C@@H](O)[C@@H](C)C\C=C\1. The highest BCUT2D eigenvalue weighted by molar-refractivity contribution is 7.18. The normalized spacial score (nSPS) is 30.5. The molecule has 2 aromatic rings. The Morgan fingerprint density at radius 1 is 1.16 bits per heavy atom. The van der Waals surface area contributed by atoms with Crippen molar-refractivity contribution in [2.24, 2.45) is 17.3 Å². The average Bonchev–Trinajstić information content (AvgIpc) is 3.23. The van der Waals surface area contributed by atoms with Gasteiger partial charge in [-0.25, -0.2) is 4.98 Å². The molecule has 0 radical (unpaired) electrons. The summed E-state index contributed by atoms with van der Waals surface area (Å²) in [5.74, 6) is -1.35. The first-order chi connectivity index (χ1) is 17.8. The highest BCUT2D eigenvalue weighted by Gasteiger charge is 2.42. The molecule has 2 heterocycles. The Balaban J connectivity index is 1.92. The van der Waals surface area contributed by atoms with E-state index in [4.69, 9.17) is 0 Å². The maximum atomic E-state index is 13.3. The lowest BCUT2D eigenvalue weighted by Gasteiger charge is -2.34. The number of hydrogen-bond donors (Lipinski definition) is 3. The highest BCUT2D eigenvalue weighted by Crippen LogP contribution is 2.31. The maximum Gasteiger partial charge on any atom is 0.223 e. The van der Waals surface area contributed by atoms with Crippen molar-refractivity contribution in [2.45, 2.75) is 86.0 Å². The number of thiazole rings is 1. The van der Waals surface area contributed by atoms with Crippen LogP contribution in [0.1, 0.15) is 71.4 Å². The lowest BCUT2D eigenvalue weighted by molar-refractivity contribution is -0.143. The number of aliphatic hydroxyl groups is 2. The highest BCUT2D eigenvalue weighted by atomic mass is 32.1. The predicted octanol–water partition coefficient (Wildman–Crippen LogP) is 5.77. The summed E-state index contributed by atoms with van der Waals surface area (Å²) in [6, 6.07) is 5.90. The Labute approximate surface area is 230 Å². The Kier molecular flexibility index (Phi) is 9.85. The van der Waals surface area contributed by atoms with Crippen molar-refractivity contribution in [1.82, 2.24) is 10.3 Å². The lowest BCUT2D eigenvalue weighted by Crippen LogP contribution is -2.47.